The van der Waals surface area contributed by atoms with Crippen LogP contribution in [0.25, 0.3) is 11.4 Å². The van der Waals surface area contributed by atoms with E-state index in [0.29, 0.717) is 29.2 Å². The molecular weight excluding hydrogens is 492 g/mol. The number of rotatable bonds is 9. The number of nitrogens with zero attached hydrogens (tertiary/aromatic N) is 3. The second-order valence-corrected chi connectivity index (χ2v) is 11.0. The molecule has 0 unspecified atom stereocenters. The fraction of sp³-hybridized carbons (Fsp3) is 0.231. The van der Waals surface area contributed by atoms with Crippen LogP contribution >= 0.6 is 0 Å². The smallest absolute Gasteiger partial charge is 0.261 e. The van der Waals surface area contributed by atoms with Crippen LogP contribution in [-0.4, -0.2) is 29.4 Å². The zero-order valence-electron chi connectivity index (χ0n) is 20.1. The van der Waals surface area contributed by atoms with Crippen LogP contribution in [0.4, 0.5) is 11.4 Å². The van der Waals surface area contributed by atoms with Gasteiger partial charge in [0.15, 0.2) is 0 Å². The van der Waals surface area contributed by atoms with E-state index < -0.39 is 16.1 Å². The molecule has 0 spiro atoms. The van der Waals surface area contributed by atoms with Gasteiger partial charge in [-0.25, -0.2) is 8.42 Å². The van der Waals surface area contributed by atoms with Gasteiger partial charge in [0.05, 0.1) is 16.6 Å². The number of carbonyl (C=O) groups is 1. The number of hydrogen-bond acceptors (Lipinski definition) is 8. The Hall–Kier alpha value is -4.09. The number of pyridine rings is 1. The Morgan fingerprint density at radius 2 is 1.86 bits per heavy atom. The molecule has 0 bridgehead atoms. The molecule has 4 aromatic rings. The highest BCUT2D eigenvalue weighted by molar-refractivity contribution is 7.92. The van der Waals surface area contributed by atoms with Crippen molar-refractivity contribution < 1.29 is 17.7 Å². The number of anilines is 2. The van der Waals surface area contributed by atoms with Crippen LogP contribution in [-0.2, 0) is 21.2 Å². The highest BCUT2D eigenvalue weighted by atomic mass is 32.2. The average molecular weight is 519 g/mol. The molecule has 1 fully saturated rings. The molecule has 5 rings (SSSR count). The number of benzene rings is 2. The molecule has 0 saturated heterocycles. The standard InChI is InChI=1S/C26H26N6O4S/c1-26(11-12-26)25(33)29-19-5-2-6-20(15-19)32-37(34,35)21-9-7-18(8-10-21)23-30-24(36-31-23)22(27)14-17-4-3-13-28-16-17/h2-10,13,15-16,22,32H,11-12,14,27H2,1H3,(H,29,33)/t22-/m0/s1. The first-order valence-electron chi connectivity index (χ1n) is 11.7. The van der Waals surface area contributed by atoms with Crippen molar-refractivity contribution in [2.75, 3.05) is 10.0 Å². The van der Waals surface area contributed by atoms with Crippen LogP contribution in [0.5, 0.6) is 0 Å². The molecule has 1 aliphatic carbocycles. The van der Waals surface area contributed by atoms with E-state index in [1.807, 2.05) is 19.1 Å². The predicted octanol–water partition coefficient (Wildman–Crippen LogP) is 3.91. The summed E-state index contributed by atoms with van der Waals surface area (Å²) in [5.74, 6) is 0.520. The zero-order valence-corrected chi connectivity index (χ0v) is 20.9. The van der Waals surface area contributed by atoms with Crippen molar-refractivity contribution in [2.24, 2.45) is 11.1 Å². The first kappa shape index (κ1) is 24.6. The van der Waals surface area contributed by atoms with Crippen LogP contribution in [0.3, 0.4) is 0 Å². The summed E-state index contributed by atoms with van der Waals surface area (Å²) >= 11 is 0. The third-order valence-electron chi connectivity index (χ3n) is 6.28. The van der Waals surface area contributed by atoms with Gasteiger partial charge in [-0.1, -0.05) is 24.2 Å². The number of amides is 1. The van der Waals surface area contributed by atoms with Crippen molar-refractivity contribution >= 4 is 27.3 Å². The average Bonchev–Trinajstić information content (AvgIpc) is 3.45. The molecule has 2 aromatic heterocycles. The summed E-state index contributed by atoms with van der Waals surface area (Å²) in [4.78, 5) is 20.8. The van der Waals surface area contributed by atoms with Crippen LogP contribution in [0, 0.1) is 5.41 Å². The molecule has 190 valence electrons. The van der Waals surface area contributed by atoms with Gasteiger partial charge in [-0.05, 0) is 73.4 Å². The largest absolute Gasteiger partial charge is 0.337 e. The predicted molar refractivity (Wildman–Crippen MR) is 138 cm³/mol. The van der Waals surface area contributed by atoms with E-state index >= 15 is 0 Å². The van der Waals surface area contributed by atoms with Gasteiger partial charge in [0.1, 0.15) is 0 Å². The van der Waals surface area contributed by atoms with Crippen molar-refractivity contribution in [3.8, 4) is 11.4 Å². The summed E-state index contributed by atoms with van der Waals surface area (Å²) in [6.07, 6.45) is 5.61. The van der Waals surface area contributed by atoms with Crippen molar-refractivity contribution in [1.29, 1.82) is 0 Å². The lowest BCUT2D eigenvalue weighted by Crippen LogP contribution is -2.21. The molecular formula is C26H26N6O4S. The van der Waals surface area contributed by atoms with E-state index in [1.54, 1.807) is 48.8 Å². The molecule has 0 aliphatic heterocycles. The van der Waals surface area contributed by atoms with Crippen molar-refractivity contribution in [3.05, 3.63) is 84.5 Å². The monoisotopic (exact) mass is 518 g/mol. The number of sulfonamides is 1. The summed E-state index contributed by atoms with van der Waals surface area (Å²) in [5.41, 5.74) is 8.27. The highest BCUT2D eigenvalue weighted by Gasteiger charge is 2.44. The SMILES string of the molecule is CC1(C(=O)Nc2cccc(NS(=O)(=O)c3ccc(-c4noc([C@@H](N)Cc5cccnc5)n4)cc3)c2)CC1. The third-order valence-corrected chi connectivity index (χ3v) is 7.68. The lowest BCUT2D eigenvalue weighted by atomic mass is 10.1. The molecule has 37 heavy (non-hydrogen) atoms. The van der Waals surface area contributed by atoms with E-state index in [1.165, 1.54) is 12.1 Å². The van der Waals surface area contributed by atoms with Crippen molar-refractivity contribution in [2.45, 2.75) is 37.1 Å². The number of aromatic nitrogens is 3. The lowest BCUT2D eigenvalue weighted by molar-refractivity contribution is -0.120. The van der Waals surface area contributed by atoms with Crippen molar-refractivity contribution in [3.63, 3.8) is 0 Å². The van der Waals surface area contributed by atoms with Gasteiger partial charge in [-0.15, -0.1) is 0 Å². The Bertz CT molecular complexity index is 1520. The van der Waals surface area contributed by atoms with Gasteiger partial charge in [-0.3, -0.25) is 14.5 Å². The van der Waals surface area contributed by atoms with Gasteiger partial charge in [0, 0.05) is 29.1 Å². The Morgan fingerprint density at radius 3 is 2.57 bits per heavy atom. The van der Waals surface area contributed by atoms with Gasteiger partial charge in [-0.2, -0.15) is 4.98 Å². The Balaban J connectivity index is 1.25. The van der Waals surface area contributed by atoms with Crippen LogP contribution < -0.4 is 15.8 Å². The second-order valence-electron chi connectivity index (χ2n) is 9.35. The molecule has 2 heterocycles. The fourth-order valence-electron chi connectivity index (χ4n) is 3.72. The summed E-state index contributed by atoms with van der Waals surface area (Å²) in [6.45, 7) is 1.91. The summed E-state index contributed by atoms with van der Waals surface area (Å²) in [5, 5.41) is 6.83. The minimum absolute atomic E-state index is 0.0631. The van der Waals surface area contributed by atoms with E-state index in [2.05, 4.69) is 25.2 Å². The molecule has 1 saturated carbocycles. The van der Waals surface area contributed by atoms with E-state index in [4.69, 9.17) is 10.3 Å². The Kier molecular flexibility index (Phi) is 6.48. The summed E-state index contributed by atoms with van der Waals surface area (Å²) in [7, 11) is -3.87. The topological polar surface area (TPSA) is 153 Å². The summed E-state index contributed by atoms with van der Waals surface area (Å²) < 4.78 is 33.8. The Labute approximate surface area is 214 Å². The van der Waals surface area contributed by atoms with Crippen LogP contribution in [0.15, 0.2) is 82.5 Å². The molecule has 1 aliphatic rings. The maximum absolute atomic E-state index is 12.9. The number of carbonyl (C=O) groups excluding carboxylic acids is 1. The first-order chi connectivity index (χ1) is 17.7. The first-order valence-corrected chi connectivity index (χ1v) is 13.2. The van der Waals surface area contributed by atoms with Gasteiger partial charge >= 0.3 is 0 Å². The Morgan fingerprint density at radius 1 is 1.11 bits per heavy atom. The summed E-state index contributed by atoms with van der Waals surface area (Å²) in [6, 6.07) is 16.0. The van der Waals surface area contributed by atoms with Gasteiger partial charge in [0.25, 0.3) is 10.0 Å². The lowest BCUT2D eigenvalue weighted by Gasteiger charge is -2.12. The van der Waals surface area contributed by atoms with Crippen molar-refractivity contribution in [1.82, 2.24) is 15.1 Å². The van der Waals surface area contributed by atoms with E-state index in [9.17, 15) is 13.2 Å². The molecule has 0 radical (unpaired) electrons. The maximum Gasteiger partial charge on any atom is 0.261 e. The van der Waals surface area contributed by atoms with Gasteiger partial charge < -0.3 is 15.6 Å². The highest BCUT2D eigenvalue weighted by Crippen LogP contribution is 2.45. The molecule has 2 aromatic carbocycles. The quantitative estimate of drug-likeness (QED) is 0.301. The second kappa shape index (κ2) is 9.75. The molecule has 11 heteroatoms. The minimum atomic E-state index is -3.87. The molecule has 1 amide bonds. The molecule has 10 nitrogen and oxygen atoms in total. The van der Waals surface area contributed by atoms with E-state index in [0.717, 1.165) is 18.4 Å². The molecule has 1 atom stereocenters. The third kappa shape index (κ3) is 5.68. The zero-order chi connectivity index (χ0) is 26.0. The fourth-order valence-corrected chi connectivity index (χ4v) is 4.77. The van der Waals surface area contributed by atoms with Crippen LogP contribution in [0.1, 0.15) is 37.3 Å². The maximum atomic E-state index is 12.9. The number of nitrogens with two attached hydrogens (primary N) is 1. The number of hydrogen-bond donors (Lipinski definition) is 3. The molecule has 4 N–H and O–H groups in total. The van der Waals surface area contributed by atoms with Crippen LogP contribution in [0.2, 0.25) is 0 Å². The minimum Gasteiger partial charge on any atom is -0.337 e. The van der Waals surface area contributed by atoms with Gasteiger partial charge in [0.2, 0.25) is 17.6 Å². The normalized spacial score (nSPS) is 15.1. The number of nitrogens with one attached hydrogen (secondary N) is 2. The van der Waals surface area contributed by atoms with E-state index in [-0.39, 0.29) is 22.1 Å².